The number of halogens is 4. The lowest BCUT2D eigenvalue weighted by atomic mass is 10.1. The monoisotopic (exact) mass is 395 g/mol. The topological polar surface area (TPSA) is 56.1 Å². The Labute approximate surface area is 158 Å². The first-order valence-corrected chi connectivity index (χ1v) is 8.79. The van der Waals surface area contributed by atoms with Crippen LogP contribution < -0.4 is 0 Å². The number of alkyl halides is 3. The number of allylic oxidation sites excluding steroid dienone is 2. The molecule has 1 atom stereocenters. The summed E-state index contributed by atoms with van der Waals surface area (Å²) in [5.41, 5.74) is 0.912. The molecule has 0 bridgehead atoms. The average Bonchev–Trinajstić information content (AvgIpc) is 3.33. The molecule has 1 aromatic rings. The van der Waals surface area contributed by atoms with Crippen LogP contribution in [0.2, 0.25) is 0 Å². The highest BCUT2D eigenvalue weighted by Gasteiger charge is 2.56. The Kier molecular flexibility index (Phi) is 4.29. The van der Waals surface area contributed by atoms with Gasteiger partial charge in [0.15, 0.2) is 5.82 Å². The number of carboxylic acids is 1. The quantitative estimate of drug-likeness (QED) is 0.790. The maximum atomic E-state index is 13.7. The van der Waals surface area contributed by atoms with E-state index in [1.54, 1.807) is 13.0 Å². The fourth-order valence-electron chi connectivity index (χ4n) is 3.72. The van der Waals surface area contributed by atoms with Crippen molar-refractivity contribution in [3.63, 3.8) is 0 Å². The highest BCUT2D eigenvalue weighted by Crippen LogP contribution is 2.47. The lowest BCUT2D eigenvalue weighted by Crippen LogP contribution is -2.52. The molecule has 0 saturated heterocycles. The predicted molar refractivity (Wildman–Crippen MR) is 92.5 cm³/mol. The highest BCUT2D eigenvalue weighted by atomic mass is 19.4. The summed E-state index contributed by atoms with van der Waals surface area (Å²) >= 11 is 0. The Morgan fingerprint density at radius 3 is 2.61 bits per heavy atom. The first-order chi connectivity index (χ1) is 13.2. The van der Waals surface area contributed by atoms with E-state index in [9.17, 15) is 27.5 Å². The molecule has 0 radical (unpaired) electrons. The number of hydrogen-bond acceptors (Lipinski definition) is 4. The van der Waals surface area contributed by atoms with Crippen LogP contribution in [0.5, 0.6) is 0 Å². The van der Waals surface area contributed by atoms with Gasteiger partial charge in [-0.05, 0) is 43.9 Å². The molecular formula is C19H17F4N3O2. The Bertz CT molecular complexity index is 931. The predicted octanol–water partition coefficient (Wildman–Crippen LogP) is 3.70. The first kappa shape index (κ1) is 18.7. The number of hydrogen-bond donors (Lipinski definition) is 1. The summed E-state index contributed by atoms with van der Waals surface area (Å²) < 4.78 is 54.8. The van der Waals surface area contributed by atoms with Crippen LogP contribution in [0.3, 0.4) is 0 Å². The van der Waals surface area contributed by atoms with E-state index in [1.807, 2.05) is 0 Å². The molecule has 1 unspecified atom stereocenters. The zero-order valence-corrected chi connectivity index (χ0v) is 14.9. The molecule has 9 heteroatoms. The Hall–Kier alpha value is -2.68. The van der Waals surface area contributed by atoms with Gasteiger partial charge in [-0.3, -0.25) is 5.01 Å². The fraction of sp³-hybridized carbons (Fsp3) is 0.368. The van der Waals surface area contributed by atoms with Crippen LogP contribution in [-0.2, 0) is 4.79 Å². The molecule has 0 amide bonds. The van der Waals surface area contributed by atoms with Crippen molar-refractivity contribution >= 4 is 11.7 Å². The van der Waals surface area contributed by atoms with Crippen molar-refractivity contribution in [2.24, 2.45) is 10.9 Å². The Balaban J connectivity index is 1.78. The van der Waals surface area contributed by atoms with Crippen LogP contribution in [0.4, 0.5) is 17.6 Å². The number of aliphatic imine (C=N–C) groups is 1. The number of fused-ring (bicyclic) bond motifs is 1. The van der Waals surface area contributed by atoms with Gasteiger partial charge in [-0.25, -0.2) is 14.2 Å². The summed E-state index contributed by atoms with van der Waals surface area (Å²) in [5, 5.41) is 11.8. The minimum absolute atomic E-state index is 0.0540. The van der Waals surface area contributed by atoms with Gasteiger partial charge in [0.05, 0.1) is 17.8 Å². The largest absolute Gasteiger partial charge is 0.478 e. The molecule has 4 rings (SSSR count). The van der Waals surface area contributed by atoms with Gasteiger partial charge >= 0.3 is 12.1 Å². The molecule has 2 aliphatic heterocycles. The van der Waals surface area contributed by atoms with E-state index in [1.165, 1.54) is 29.3 Å². The first-order valence-electron chi connectivity index (χ1n) is 8.79. The van der Waals surface area contributed by atoms with E-state index in [0.717, 1.165) is 5.01 Å². The molecule has 3 aliphatic rings. The average molecular weight is 395 g/mol. The molecule has 1 aromatic carbocycles. The van der Waals surface area contributed by atoms with E-state index < -0.39 is 36.5 Å². The molecule has 0 spiro atoms. The van der Waals surface area contributed by atoms with Gasteiger partial charge in [-0.2, -0.15) is 18.2 Å². The van der Waals surface area contributed by atoms with Gasteiger partial charge in [0.25, 0.3) is 0 Å². The second kappa shape index (κ2) is 6.44. The standard InChI is InChI=1S/C19H17F4N3O2/c1-10-7-15(12-3-2-4-13(20)8-12)24-17-14(18(27)28)9-25(26(10)17)16(11-5-6-11)19(21,22)23/h2-4,7-8,11,16H,5-6,9H2,1H3,(H,27,28). The number of rotatable bonds is 4. The van der Waals surface area contributed by atoms with Crippen molar-refractivity contribution in [3.05, 3.63) is 58.8 Å². The molecule has 1 fully saturated rings. The number of carboxylic acid groups (broad SMARTS) is 1. The minimum Gasteiger partial charge on any atom is -0.478 e. The highest BCUT2D eigenvalue weighted by molar-refractivity contribution is 6.10. The molecule has 1 N–H and O–H groups in total. The van der Waals surface area contributed by atoms with Gasteiger partial charge in [-0.1, -0.05) is 12.1 Å². The van der Waals surface area contributed by atoms with E-state index in [4.69, 9.17) is 0 Å². The van der Waals surface area contributed by atoms with Gasteiger partial charge < -0.3 is 5.11 Å². The molecular weight excluding hydrogens is 378 g/mol. The second-order valence-corrected chi connectivity index (χ2v) is 7.13. The Morgan fingerprint density at radius 1 is 1.32 bits per heavy atom. The van der Waals surface area contributed by atoms with Gasteiger partial charge in [0.2, 0.25) is 0 Å². The lowest BCUT2D eigenvalue weighted by Gasteiger charge is -2.39. The summed E-state index contributed by atoms with van der Waals surface area (Å²) in [4.78, 5) is 16.0. The SMILES string of the molecule is CC1=CC(c2cccc(F)c2)=NC2=C(C(=O)O)CN(C(C3CC3)C(F)(F)F)N12. The molecule has 5 nitrogen and oxygen atoms in total. The number of nitrogens with zero attached hydrogens (tertiary/aromatic N) is 3. The third kappa shape index (κ3) is 3.19. The van der Waals surface area contributed by atoms with Gasteiger partial charge in [0, 0.05) is 11.3 Å². The third-order valence-corrected chi connectivity index (χ3v) is 5.06. The zero-order valence-electron chi connectivity index (χ0n) is 14.9. The molecule has 28 heavy (non-hydrogen) atoms. The smallest absolute Gasteiger partial charge is 0.406 e. The van der Waals surface area contributed by atoms with Crippen molar-refractivity contribution in [2.45, 2.75) is 32.0 Å². The lowest BCUT2D eigenvalue weighted by molar-refractivity contribution is -0.212. The maximum Gasteiger partial charge on any atom is 0.406 e. The number of benzene rings is 1. The van der Waals surface area contributed by atoms with Crippen LogP contribution in [-0.4, -0.2) is 45.6 Å². The van der Waals surface area contributed by atoms with Gasteiger partial charge in [-0.15, -0.1) is 0 Å². The van der Waals surface area contributed by atoms with Crippen LogP contribution in [0.1, 0.15) is 25.3 Å². The summed E-state index contributed by atoms with van der Waals surface area (Å²) in [7, 11) is 0. The van der Waals surface area contributed by atoms with Crippen molar-refractivity contribution < 1.29 is 27.5 Å². The van der Waals surface area contributed by atoms with Crippen LogP contribution >= 0.6 is 0 Å². The Morgan fingerprint density at radius 2 is 2.04 bits per heavy atom. The zero-order chi connectivity index (χ0) is 20.2. The number of carbonyl (C=O) groups is 1. The van der Waals surface area contributed by atoms with Crippen LogP contribution in [0, 0.1) is 11.7 Å². The minimum atomic E-state index is -4.49. The van der Waals surface area contributed by atoms with E-state index in [2.05, 4.69) is 4.99 Å². The van der Waals surface area contributed by atoms with E-state index in [0.29, 0.717) is 29.8 Å². The summed E-state index contributed by atoms with van der Waals surface area (Å²) in [6.45, 7) is 1.20. The number of hydrazine groups is 1. The third-order valence-electron chi connectivity index (χ3n) is 5.06. The molecule has 0 aromatic heterocycles. The normalized spacial score (nSPS) is 21.4. The van der Waals surface area contributed by atoms with Crippen LogP contribution in [0.25, 0.3) is 0 Å². The van der Waals surface area contributed by atoms with Crippen molar-refractivity contribution in [3.8, 4) is 0 Å². The van der Waals surface area contributed by atoms with Crippen LogP contribution in [0.15, 0.2) is 52.4 Å². The van der Waals surface area contributed by atoms with E-state index in [-0.39, 0.29) is 11.4 Å². The van der Waals surface area contributed by atoms with Crippen molar-refractivity contribution in [1.82, 2.24) is 10.0 Å². The summed E-state index contributed by atoms with van der Waals surface area (Å²) in [6, 6.07) is 3.84. The van der Waals surface area contributed by atoms with Crippen molar-refractivity contribution in [2.75, 3.05) is 6.54 Å². The summed E-state index contributed by atoms with van der Waals surface area (Å²) in [6.07, 6.45) is -2.05. The van der Waals surface area contributed by atoms with Crippen molar-refractivity contribution in [1.29, 1.82) is 0 Å². The molecule has 2 heterocycles. The number of aliphatic carboxylic acids is 1. The summed E-state index contributed by atoms with van der Waals surface area (Å²) in [5.74, 6) is -2.42. The fourth-order valence-corrected chi connectivity index (χ4v) is 3.72. The van der Waals surface area contributed by atoms with E-state index >= 15 is 0 Å². The molecule has 1 saturated carbocycles. The second-order valence-electron chi connectivity index (χ2n) is 7.13. The van der Waals surface area contributed by atoms with Gasteiger partial charge in [0.1, 0.15) is 11.9 Å². The maximum absolute atomic E-state index is 13.7. The molecule has 148 valence electrons. The molecule has 1 aliphatic carbocycles.